The van der Waals surface area contributed by atoms with Crippen molar-refractivity contribution < 1.29 is 15.0 Å². The van der Waals surface area contributed by atoms with Gasteiger partial charge in [-0.25, -0.2) is 0 Å². The molecule has 4 heteroatoms. The van der Waals surface area contributed by atoms with Gasteiger partial charge in [-0.15, -0.1) is 0 Å². The molecule has 12 heavy (non-hydrogen) atoms. The predicted molar refractivity (Wildman–Crippen MR) is 42.1 cm³/mol. The number of aromatic nitrogens is 3. The third-order valence-electron chi connectivity index (χ3n) is 1.21. The van der Waals surface area contributed by atoms with Gasteiger partial charge in [-0.2, -0.15) is 0 Å². The van der Waals surface area contributed by atoms with Crippen LogP contribution in [0.3, 0.4) is 0 Å². The van der Waals surface area contributed by atoms with E-state index in [0.717, 1.165) is 9.18 Å². The van der Waals surface area contributed by atoms with E-state index in [4.69, 9.17) is 0 Å². The van der Waals surface area contributed by atoms with Gasteiger partial charge in [0.05, 0.1) is 0 Å². The Labute approximate surface area is 76.4 Å². The number of aromatic amines is 1. The molecule has 2 heterocycles. The Bertz CT molecular complexity index is 330. The van der Waals surface area contributed by atoms with E-state index in [1.807, 2.05) is 24.3 Å². The van der Waals surface area contributed by atoms with E-state index in [9.17, 15) is 0 Å². The first kappa shape index (κ1) is 7.52. The molecule has 0 saturated heterocycles. The number of hydrogen-bond acceptors (Lipinski definition) is 2. The molecule has 3 nitrogen and oxygen atoms in total. The molecule has 2 aromatic heterocycles. The molecule has 0 radical (unpaired) electrons. The van der Waals surface area contributed by atoms with Gasteiger partial charge in [0, 0.05) is 0 Å². The van der Waals surface area contributed by atoms with Crippen LogP contribution in [-0.2, 0) is 15.0 Å². The zero-order valence-electron chi connectivity index (χ0n) is 6.16. The summed E-state index contributed by atoms with van der Waals surface area (Å²) in [5.74, 6) is 0. The predicted octanol–water partition coefficient (Wildman–Crippen LogP) is -0.162. The van der Waals surface area contributed by atoms with Crippen molar-refractivity contribution in [3.05, 3.63) is 36.7 Å². The van der Waals surface area contributed by atoms with Gasteiger partial charge in [-0.3, -0.25) is 0 Å². The number of H-pyrrole nitrogens is 1. The SMILES string of the molecule is c1cc[c]([Cu][c]2cc[nH]n2)nc1. The van der Waals surface area contributed by atoms with Crippen LogP contribution in [-0.4, -0.2) is 15.2 Å². The molecule has 0 spiro atoms. The van der Waals surface area contributed by atoms with Crippen molar-refractivity contribution in [2.24, 2.45) is 0 Å². The molecule has 65 valence electrons. The van der Waals surface area contributed by atoms with Gasteiger partial charge in [-0.1, -0.05) is 0 Å². The Hall–Kier alpha value is -1.12. The van der Waals surface area contributed by atoms with E-state index in [1.165, 1.54) is 0 Å². The minimum atomic E-state index is 0.928. The zero-order valence-corrected chi connectivity index (χ0v) is 7.10. The van der Waals surface area contributed by atoms with Crippen LogP contribution in [0.4, 0.5) is 0 Å². The molecule has 0 bridgehead atoms. The van der Waals surface area contributed by atoms with Gasteiger partial charge >= 0.3 is 76.0 Å². The van der Waals surface area contributed by atoms with Crippen molar-refractivity contribution in [3.63, 3.8) is 0 Å². The molecule has 0 aliphatic rings. The first-order valence-corrected chi connectivity index (χ1v) is 4.37. The summed E-state index contributed by atoms with van der Waals surface area (Å²) in [5.41, 5.74) is 0. The van der Waals surface area contributed by atoms with Crippen LogP contribution < -0.4 is 9.18 Å². The zero-order chi connectivity index (χ0) is 8.23. The van der Waals surface area contributed by atoms with Crippen LogP contribution in [0.5, 0.6) is 0 Å². The fraction of sp³-hybridized carbons (Fsp3) is 0. The monoisotopic (exact) mass is 208 g/mol. The van der Waals surface area contributed by atoms with E-state index in [2.05, 4.69) is 15.2 Å². The van der Waals surface area contributed by atoms with Crippen molar-refractivity contribution in [1.82, 2.24) is 15.2 Å². The van der Waals surface area contributed by atoms with E-state index in [-0.39, 0.29) is 0 Å². The Balaban J connectivity index is 2.15. The van der Waals surface area contributed by atoms with Crippen molar-refractivity contribution in [1.29, 1.82) is 0 Å². The number of nitrogens with zero attached hydrogens (tertiary/aromatic N) is 2. The molecule has 1 N–H and O–H groups in total. The van der Waals surface area contributed by atoms with Crippen LogP contribution >= 0.6 is 0 Å². The second-order valence-electron chi connectivity index (χ2n) is 2.05. The summed E-state index contributed by atoms with van der Waals surface area (Å²) in [6.07, 6.45) is 3.56. The third-order valence-corrected chi connectivity index (χ3v) is 2.23. The van der Waals surface area contributed by atoms with E-state index < -0.39 is 0 Å². The molecule has 0 aliphatic heterocycles. The Morgan fingerprint density at radius 2 is 2.17 bits per heavy atom. The maximum absolute atomic E-state index is 4.16. The summed E-state index contributed by atoms with van der Waals surface area (Å²) >= 11 is 1.63. The number of nitrogens with one attached hydrogen (secondary N) is 1. The van der Waals surface area contributed by atoms with E-state index in [1.54, 1.807) is 27.4 Å². The maximum atomic E-state index is 4.16. The second kappa shape index (κ2) is 3.52. The molecule has 2 aromatic rings. The van der Waals surface area contributed by atoms with E-state index >= 15 is 0 Å². The number of pyridine rings is 1. The van der Waals surface area contributed by atoms with Crippen molar-refractivity contribution in [2.45, 2.75) is 0 Å². The summed E-state index contributed by atoms with van der Waals surface area (Å²) < 4.78 is 1.88. The van der Waals surface area contributed by atoms with Crippen LogP contribution in [0.2, 0.25) is 0 Å². The molecule has 0 unspecified atom stereocenters. The quantitative estimate of drug-likeness (QED) is 0.697. The van der Waals surface area contributed by atoms with Gasteiger partial charge in [0.1, 0.15) is 0 Å². The van der Waals surface area contributed by atoms with Gasteiger partial charge in [-0.05, 0) is 0 Å². The van der Waals surface area contributed by atoms with E-state index in [0.29, 0.717) is 0 Å². The standard InChI is InChI=1S/C5H4N.C3H3N2.Cu/c1-2-4-6-5-3-1;1-2-4-5-3-1;/h1-4H;1-2H,(H,4,5);. The molecule has 0 amide bonds. The average Bonchev–Trinajstić information content (AvgIpc) is 2.59. The normalized spacial score (nSPS) is 10.3. The van der Waals surface area contributed by atoms with Gasteiger partial charge in [0.2, 0.25) is 0 Å². The number of hydrogen-bond donors (Lipinski definition) is 1. The minimum absolute atomic E-state index is 0.928. The summed E-state index contributed by atoms with van der Waals surface area (Å²) in [7, 11) is 0. The Morgan fingerprint density at radius 3 is 2.83 bits per heavy atom. The Kier molecular flexibility index (Phi) is 2.21. The molecule has 2 rings (SSSR count). The van der Waals surface area contributed by atoms with Crippen LogP contribution in [0, 0.1) is 0 Å². The van der Waals surface area contributed by atoms with Crippen LogP contribution in [0.15, 0.2) is 36.7 Å². The fourth-order valence-corrected chi connectivity index (χ4v) is 1.54. The molecule has 0 atom stereocenters. The van der Waals surface area contributed by atoms with Crippen molar-refractivity contribution >= 4 is 9.18 Å². The molecule has 0 saturated carbocycles. The summed E-state index contributed by atoms with van der Waals surface area (Å²) in [6.45, 7) is 0. The fourth-order valence-electron chi connectivity index (χ4n) is 0.725. The second-order valence-corrected chi connectivity index (χ2v) is 3.25. The summed E-state index contributed by atoms with van der Waals surface area (Å²) in [4.78, 5) is 4.16. The molecular weight excluding hydrogens is 202 g/mol. The first-order valence-electron chi connectivity index (χ1n) is 3.43. The topological polar surface area (TPSA) is 41.6 Å². The molecule has 0 aromatic carbocycles. The Morgan fingerprint density at radius 1 is 1.17 bits per heavy atom. The molecule has 0 fully saturated rings. The average molecular weight is 209 g/mol. The first-order chi connectivity index (χ1) is 5.95. The van der Waals surface area contributed by atoms with Crippen LogP contribution in [0.1, 0.15) is 0 Å². The van der Waals surface area contributed by atoms with Crippen molar-refractivity contribution in [3.8, 4) is 0 Å². The molecule has 0 aliphatic carbocycles. The van der Waals surface area contributed by atoms with Gasteiger partial charge in [0.15, 0.2) is 0 Å². The third kappa shape index (κ3) is 1.72. The van der Waals surface area contributed by atoms with Gasteiger partial charge < -0.3 is 0 Å². The summed E-state index contributed by atoms with van der Waals surface area (Å²) in [6, 6.07) is 7.72. The van der Waals surface area contributed by atoms with Crippen LogP contribution in [0.25, 0.3) is 0 Å². The summed E-state index contributed by atoms with van der Waals surface area (Å²) in [5, 5.41) is 6.75. The van der Waals surface area contributed by atoms with Crippen molar-refractivity contribution in [2.75, 3.05) is 0 Å². The van der Waals surface area contributed by atoms with Gasteiger partial charge in [0.25, 0.3) is 0 Å². The number of rotatable bonds is 2. The molecular formula is C8H7CuN3.